The summed E-state index contributed by atoms with van der Waals surface area (Å²) < 4.78 is 15.0. The van der Waals surface area contributed by atoms with E-state index in [4.69, 9.17) is 11.6 Å². The summed E-state index contributed by atoms with van der Waals surface area (Å²) in [4.78, 5) is 16.5. The normalized spacial score (nSPS) is 10.8. The summed E-state index contributed by atoms with van der Waals surface area (Å²) in [5, 5.41) is 7.67. The van der Waals surface area contributed by atoms with Crippen molar-refractivity contribution in [3.8, 4) is 0 Å². The molecule has 3 aromatic rings. The molecule has 1 amide bonds. The first-order valence-corrected chi connectivity index (χ1v) is 8.94. The number of pyridine rings is 1. The van der Waals surface area contributed by atoms with E-state index in [-0.39, 0.29) is 18.9 Å². The lowest BCUT2D eigenvalue weighted by Crippen LogP contribution is -2.25. The van der Waals surface area contributed by atoms with Crippen LogP contribution in [-0.4, -0.2) is 20.7 Å². The maximum absolute atomic E-state index is 13.1. The number of hydrogen-bond donors (Lipinski definition) is 1. The molecular weight excluding hydrogens is 367 g/mol. The Bertz CT molecular complexity index is 956. The van der Waals surface area contributed by atoms with E-state index in [2.05, 4.69) is 15.4 Å². The highest BCUT2D eigenvalue weighted by atomic mass is 35.5. The molecule has 7 heteroatoms. The molecule has 0 saturated carbocycles. The fourth-order valence-electron chi connectivity index (χ4n) is 2.89. The number of benzene rings is 1. The zero-order valence-electron chi connectivity index (χ0n) is 15.2. The van der Waals surface area contributed by atoms with Crippen LogP contribution in [0.2, 0.25) is 5.02 Å². The van der Waals surface area contributed by atoms with E-state index in [0.717, 1.165) is 22.5 Å². The molecule has 0 radical (unpaired) electrons. The average Bonchev–Trinajstić information content (AvgIpc) is 2.89. The molecule has 0 aliphatic rings. The van der Waals surface area contributed by atoms with Gasteiger partial charge in [0.2, 0.25) is 5.91 Å². The van der Waals surface area contributed by atoms with Crippen LogP contribution < -0.4 is 5.32 Å². The Hall–Kier alpha value is -2.73. The standard InChI is InChI=1S/C20H20ClFN4O/c1-13-18(14(2)26(25-13)12-15-4-3-7-23-10-15)9-20(27)24-11-16-5-6-17(22)8-19(16)21/h3-8,10H,9,11-12H2,1-2H3,(H,24,27). The van der Waals surface area contributed by atoms with Gasteiger partial charge in [0.1, 0.15) is 5.82 Å². The number of carbonyl (C=O) groups is 1. The van der Waals surface area contributed by atoms with Crippen molar-refractivity contribution in [3.05, 3.63) is 81.6 Å². The molecule has 0 fully saturated rings. The van der Waals surface area contributed by atoms with E-state index in [1.54, 1.807) is 18.5 Å². The van der Waals surface area contributed by atoms with Crippen LogP contribution in [0.25, 0.3) is 0 Å². The molecule has 0 aliphatic heterocycles. The molecule has 3 rings (SSSR count). The Labute approximate surface area is 162 Å². The zero-order valence-corrected chi connectivity index (χ0v) is 15.9. The maximum atomic E-state index is 13.1. The Morgan fingerprint density at radius 2 is 2.11 bits per heavy atom. The van der Waals surface area contributed by atoms with Crippen molar-refractivity contribution in [1.82, 2.24) is 20.1 Å². The summed E-state index contributed by atoms with van der Waals surface area (Å²) in [5.41, 5.74) is 4.40. The highest BCUT2D eigenvalue weighted by Gasteiger charge is 2.15. The third-order valence-corrected chi connectivity index (χ3v) is 4.77. The van der Waals surface area contributed by atoms with Crippen molar-refractivity contribution in [1.29, 1.82) is 0 Å². The summed E-state index contributed by atoms with van der Waals surface area (Å²) in [6, 6.07) is 8.00. The number of nitrogens with one attached hydrogen (secondary N) is 1. The lowest BCUT2D eigenvalue weighted by molar-refractivity contribution is -0.120. The second-order valence-electron chi connectivity index (χ2n) is 6.36. The van der Waals surface area contributed by atoms with Gasteiger partial charge in [-0.1, -0.05) is 23.7 Å². The molecule has 27 heavy (non-hydrogen) atoms. The lowest BCUT2D eigenvalue weighted by Gasteiger charge is -2.08. The highest BCUT2D eigenvalue weighted by Crippen LogP contribution is 2.18. The highest BCUT2D eigenvalue weighted by molar-refractivity contribution is 6.31. The van der Waals surface area contributed by atoms with Crippen LogP contribution in [0.15, 0.2) is 42.7 Å². The number of nitrogens with zero attached hydrogens (tertiary/aromatic N) is 3. The van der Waals surface area contributed by atoms with Crippen molar-refractivity contribution in [2.45, 2.75) is 33.4 Å². The van der Waals surface area contributed by atoms with Crippen LogP contribution in [0.1, 0.15) is 28.1 Å². The van der Waals surface area contributed by atoms with E-state index >= 15 is 0 Å². The van der Waals surface area contributed by atoms with E-state index in [1.807, 2.05) is 30.7 Å². The van der Waals surface area contributed by atoms with Crippen molar-refractivity contribution < 1.29 is 9.18 Å². The predicted octanol–water partition coefficient (Wildman–Crippen LogP) is 3.59. The first kappa shape index (κ1) is 19.0. The summed E-state index contributed by atoms with van der Waals surface area (Å²) in [7, 11) is 0. The third kappa shape index (κ3) is 4.71. The molecular formula is C20H20ClFN4O. The van der Waals surface area contributed by atoms with Crippen LogP contribution in [0, 0.1) is 19.7 Å². The van der Waals surface area contributed by atoms with Gasteiger partial charge in [0.25, 0.3) is 0 Å². The molecule has 0 unspecified atom stereocenters. The monoisotopic (exact) mass is 386 g/mol. The third-order valence-electron chi connectivity index (χ3n) is 4.41. The zero-order chi connectivity index (χ0) is 19.4. The van der Waals surface area contributed by atoms with E-state index in [0.29, 0.717) is 17.1 Å². The minimum absolute atomic E-state index is 0.137. The van der Waals surface area contributed by atoms with Gasteiger partial charge in [-0.15, -0.1) is 0 Å². The smallest absolute Gasteiger partial charge is 0.224 e. The number of rotatable bonds is 6. The van der Waals surface area contributed by atoms with Gasteiger partial charge < -0.3 is 5.32 Å². The fourth-order valence-corrected chi connectivity index (χ4v) is 3.12. The fraction of sp³-hybridized carbons (Fsp3) is 0.250. The second kappa shape index (κ2) is 8.31. The first-order chi connectivity index (χ1) is 12.9. The summed E-state index contributed by atoms with van der Waals surface area (Å²) in [5.74, 6) is -0.537. The SMILES string of the molecule is Cc1nn(Cc2cccnc2)c(C)c1CC(=O)NCc1ccc(F)cc1Cl. The molecule has 0 atom stereocenters. The number of aromatic nitrogens is 3. The molecule has 0 saturated heterocycles. The minimum Gasteiger partial charge on any atom is -0.352 e. The van der Waals surface area contributed by atoms with Gasteiger partial charge in [0, 0.05) is 35.2 Å². The average molecular weight is 387 g/mol. The van der Waals surface area contributed by atoms with E-state index < -0.39 is 5.82 Å². The Morgan fingerprint density at radius 3 is 2.81 bits per heavy atom. The van der Waals surface area contributed by atoms with Gasteiger partial charge in [-0.05, 0) is 43.2 Å². The van der Waals surface area contributed by atoms with Gasteiger partial charge in [-0.2, -0.15) is 5.10 Å². The quantitative estimate of drug-likeness (QED) is 0.704. The topological polar surface area (TPSA) is 59.8 Å². The summed E-state index contributed by atoms with van der Waals surface area (Å²) in [6.45, 7) is 4.70. The minimum atomic E-state index is -0.401. The van der Waals surface area contributed by atoms with Crippen LogP contribution in [0.5, 0.6) is 0 Å². The Morgan fingerprint density at radius 1 is 1.30 bits per heavy atom. The molecule has 2 aromatic heterocycles. The molecule has 0 bridgehead atoms. The van der Waals surface area contributed by atoms with Gasteiger partial charge in [0.05, 0.1) is 18.7 Å². The second-order valence-corrected chi connectivity index (χ2v) is 6.76. The Kier molecular flexibility index (Phi) is 5.86. The Balaban J connectivity index is 1.65. The van der Waals surface area contributed by atoms with Crippen molar-refractivity contribution in [2.75, 3.05) is 0 Å². The number of halogens is 2. The van der Waals surface area contributed by atoms with Gasteiger partial charge >= 0.3 is 0 Å². The number of carbonyl (C=O) groups excluding carboxylic acids is 1. The van der Waals surface area contributed by atoms with Crippen LogP contribution >= 0.6 is 11.6 Å². The van der Waals surface area contributed by atoms with Crippen LogP contribution in [0.4, 0.5) is 4.39 Å². The molecule has 0 aliphatic carbocycles. The van der Waals surface area contributed by atoms with Gasteiger partial charge in [0.15, 0.2) is 0 Å². The molecule has 0 spiro atoms. The molecule has 140 valence electrons. The lowest BCUT2D eigenvalue weighted by atomic mass is 10.1. The summed E-state index contributed by atoms with van der Waals surface area (Å²) >= 11 is 5.99. The molecule has 1 aromatic carbocycles. The van der Waals surface area contributed by atoms with Gasteiger partial charge in [-0.25, -0.2) is 4.39 Å². The van der Waals surface area contributed by atoms with Crippen molar-refractivity contribution >= 4 is 17.5 Å². The van der Waals surface area contributed by atoms with Crippen LogP contribution in [-0.2, 0) is 24.3 Å². The molecule has 5 nitrogen and oxygen atoms in total. The van der Waals surface area contributed by atoms with Gasteiger partial charge in [-0.3, -0.25) is 14.5 Å². The van der Waals surface area contributed by atoms with Crippen LogP contribution in [0.3, 0.4) is 0 Å². The van der Waals surface area contributed by atoms with Crippen molar-refractivity contribution in [3.63, 3.8) is 0 Å². The summed E-state index contributed by atoms with van der Waals surface area (Å²) in [6.07, 6.45) is 3.76. The number of aryl methyl sites for hydroxylation is 1. The first-order valence-electron chi connectivity index (χ1n) is 8.56. The van der Waals surface area contributed by atoms with E-state index in [9.17, 15) is 9.18 Å². The predicted molar refractivity (Wildman–Crippen MR) is 102 cm³/mol. The largest absolute Gasteiger partial charge is 0.352 e. The number of hydrogen-bond acceptors (Lipinski definition) is 3. The van der Waals surface area contributed by atoms with Crippen molar-refractivity contribution in [2.24, 2.45) is 0 Å². The number of amides is 1. The molecule has 1 N–H and O–H groups in total. The maximum Gasteiger partial charge on any atom is 0.224 e. The molecule has 2 heterocycles. The van der Waals surface area contributed by atoms with E-state index in [1.165, 1.54) is 12.1 Å².